The van der Waals surface area contributed by atoms with Crippen LogP contribution in [-0.2, 0) is 0 Å². The second-order valence-corrected chi connectivity index (χ2v) is 4.99. The highest BCUT2D eigenvalue weighted by Crippen LogP contribution is 2.16. The van der Waals surface area contributed by atoms with Gasteiger partial charge in [0.2, 0.25) is 0 Å². The molecule has 1 unspecified atom stereocenters. The number of aromatic nitrogens is 1. The van der Waals surface area contributed by atoms with Crippen molar-refractivity contribution in [3.63, 3.8) is 0 Å². The lowest BCUT2D eigenvalue weighted by atomic mass is 10.1. The summed E-state index contributed by atoms with van der Waals surface area (Å²) in [6.07, 6.45) is 1.12. The fourth-order valence-electron chi connectivity index (χ4n) is 2.56. The monoisotopic (exact) mass is 243 g/mol. The fourth-order valence-corrected chi connectivity index (χ4v) is 2.56. The smallest absolute Gasteiger partial charge is 0.257 e. The second-order valence-electron chi connectivity index (χ2n) is 4.99. The van der Waals surface area contributed by atoms with Gasteiger partial charge in [0.25, 0.3) is 5.56 Å². The largest absolute Gasteiger partial charge is 0.367 e. The molecule has 3 rings (SSSR count). The van der Waals surface area contributed by atoms with Gasteiger partial charge >= 0.3 is 0 Å². The molecule has 2 heterocycles. The van der Waals surface area contributed by atoms with E-state index in [1.807, 2.05) is 30.3 Å². The quantitative estimate of drug-likeness (QED) is 0.843. The summed E-state index contributed by atoms with van der Waals surface area (Å²) in [5.41, 5.74) is -0.0260. The number of pyridine rings is 1. The van der Waals surface area contributed by atoms with Crippen LogP contribution >= 0.6 is 0 Å². The molecule has 1 atom stereocenters. The Bertz CT molecular complexity index is 620. The molecule has 0 amide bonds. The van der Waals surface area contributed by atoms with Crippen LogP contribution in [0.1, 0.15) is 6.42 Å². The SMILES string of the molecule is CN1CCC(Nc2cc3ccccc3c(=O)[nH]2)C1. The zero-order valence-corrected chi connectivity index (χ0v) is 10.4. The average Bonchev–Trinajstić information content (AvgIpc) is 2.75. The van der Waals surface area contributed by atoms with Crippen molar-refractivity contribution < 1.29 is 0 Å². The maximum Gasteiger partial charge on any atom is 0.257 e. The number of likely N-dealkylation sites (N-methyl/N-ethyl adjacent to an activating group) is 1. The molecule has 1 aliphatic heterocycles. The molecular weight excluding hydrogens is 226 g/mol. The van der Waals surface area contributed by atoms with Crippen molar-refractivity contribution in [1.29, 1.82) is 0 Å². The summed E-state index contributed by atoms with van der Waals surface area (Å²) in [5, 5.41) is 5.13. The Kier molecular flexibility index (Phi) is 2.80. The first kappa shape index (κ1) is 11.3. The van der Waals surface area contributed by atoms with E-state index in [2.05, 4.69) is 22.2 Å². The number of aromatic amines is 1. The Morgan fingerprint density at radius 2 is 2.22 bits per heavy atom. The molecule has 0 bridgehead atoms. The van der Waals surface area contributed by atoms with E-state index in [9.17, 15) is 4.79 Å². The van der Waals surface area contributed by atoms with Crippen LogP contribution < -0.4 is 10.9 Å². The zero-order valence-electron chi connectivity index (χ0n) is 10.4. The van der Waals surface area contributed by atoms with Crippen LogP contribution in [0.5, 0.6) is 0 Å². The average molecular weight is 243 g/mol. The topological polar surface area (TPSA) is 48.1 Å². The molecule has 1 aromatic heterocycles. The van der Waals surface area contributed by atoms with Crippen LogP contribution in [0.3, 0.4) is 0 Å². The molecule has 94 valence electrons. The first-order valence-corrected chi connectivity index (χ1v) is 6.29. The highest BCUT2D eigenvalue weighted by Gasteiger charge is 2.19. The molecule has 1 fully saturated rings. The molecule has 0 radical (unpaired) electrons. The van der Waals surface area contributed by atoms with Gasteiger partial charge in [-0.2, -0.15) is 0 Å². The van der Waals surface area contributed by atoms with Crippen molar-refractivity contribution >= 4 is 16.6 Å². The van der Waals surface area contributed by atoms with Crippen molar-refractivity contribution in [3.05, 3.63) is 40.7 Å². The molecule has 4 heteroatoms. The minimum Gasteiger partial charge on any atom is -0.367 e. The van der Waals surface area contributed by atoms with Crippen LogP contribution in [-0.4, -0.2) is 36.1 Å². The summed E-state index contributed by atoms with van der Waals surface area (Å²) in [6.45, 7) is 2.13. The predicted molar refractivity (Wildman–Crippen MR) is 74.1 cm³/mol. The van der Waals surface area contributed by atoms with E-state index in [0.29, 0.717) is 6.04 Å². The summed E-state index contributed by atoms with van der Waals surface area (Å²) in [6, 6.07) is 10.1. The third kappa shape index (κ3) is 2.11. The molecule has 1 saturated heterocycles. The second kappa shape index (κ2) is 4.46. The molecule has 2 N–H and O–H groups in total. The Balaban J connectivity index is 1.91. The van der Waals surface area contributed by atoms with E-state index < -0.39 is 0 Å². The predicted octanol–water partition coefficient (Wildman–Crippen LogP) is 1.64. The molecule has 0 spiro atoms. The zero-order chi connectivity index (χ0) is 12.5. The number of anilines is 1. The lowest BCUT2D eigenvalue weighted by Gasteiger charge is -2.14. The van der Waals surface area contributed by atoms with E-state index >= 15 is 0 Å². The number of likely N-dealkylation sites (tertiary alicyclic amines) is 1. The summed E-state index contributed by atoms with van der Waals surface area (Å²) in [5.74, 6) is 0.819. The summed E-state index contributed by atoms with van der Waals surface area (Å²) in [4.78, 5) is 17.1. The van der Waals surface area contributed by atoms with Crippen LogP contribution in [0, 0.1) is 0 Å². The van der Waals surface area contributed by atoms with Gasteiger partial charge in [0, 0.05) is 18.0 Å². The van der Waals surface area contributed by atoms with Gasteiger partial charge in [0.05, 0.1) is 0 Å². The molecular formula is C14H17N3O. The summed E-state index contributed by atoms with van der Waals surface area (Å²) >= 11 is 0. The number of benzene rings is 1. The van der Waals surface area contributed by atoms with E-state index in [4.69, 9.17) is 0 Å². The van der Waals surface area contributed by atoms with Gasteiger partial charge in [-0.1, -0.05) is 18.2 Å². The van der Waals surface area contributed by atoms with Gasteiger partial charge in [-0.25, -0.2) is 0 Å². The first-order chi connectivity index (χ1) is 8.72. The van der Waals surface area contributed by atoms with Crippen molar-refractivity contribution in [2.75, 3.05) is 25.5 Å². The van der Waals surface area contributed by atoms with Crippen LogP contribution in [0.2, 0.25) is 0 Å². The van der Waals surface area contributed by atoms with Gasteiger partial charge in [0.1, 0.15) is 5.82 Å². The molecule has 4 nitrogen and oxygen atoms in total. The Labute approximate surface area is 106 Å². The maximum atomic E-state index is 11.9. The van der Waals surface area contributed by atoms with E-state index in [0.717, 1.165) is 36.1 Å². The summed E-state index contributed by atoms with van der Waals surface area (Å²) < 4.78 is 0. The molecule has 1 aromatic carbocycles. The lowest BCUT2D eigenvalue weighted by Crippen LogP contribution is -2.25. The van der Waals surface area contributed by atoms with Gasteiger partial charge in [-0.15, -0.1) is 0 Å². The van der Waals surface area contributed by atoms with Crippen molar-refractivity contribution in [2.45, 2.75) is 12.5 Å². The molecule has 18 heavy (non-hydrogen) atoms. The normalized spacial score (nSPS) is 20.4. The van der Waals surface area contributed by atoms with Crippen LogP contribution in [0.4, 0.5) is 5.82 Å². The highest BCUT2D eigenvalue weighted by atomic mass is 16.1. The maximum absolute atomic E-state index is 11.9. The third-order valence-corrected chi connectivity index (χ3v) is 3.50. The highest BCUT2D eigenvalue weighted by molar-refractivity contribution is 5.83. The van der Waals surface area contributed by atoms with Gasteiger partial charge in [0.15, 0.2) is 0 Å². The number of hydrogen-bond donors (Lipinski definition) is 2. The standard InChI is InChI=1S/C14H17N3O/c1-17-7-6-11(9-17)15-13-8-10-4-2-3-5-12(10)14(18)16-13/h2-5,8,11H,6-7,9H2,1H3,(H2,15,16,18). The number of rotatable bonds is 2. The molecule has 0 aliphatic carbocycles. The molecule has 1 aliphatic rings. The first-order valence-electron chi connectivity index (χ1n) is 6.29. The Morgan fingerprint density at radius 1 is 1.39 bits per heavy atom. The number of fused-ring (bicyclic) bond motifs is 1. The van der Waals surface area contributed by atoms with Crippen LogP contribution in [0.25, 0.3) is 10.8 Å². The molecule has 2 aromatic rings. The summed E-state index contributed by atoms with van der Waals surface area (Å²) in [7, 11) is 2.12. The van der Waals surface area contributed by atoms with E-state index in [1.54, 1.807) is 0 Å². The van der Waals surface area contributed by atoms with Crippen LogP contribution in [0.15, 0.2) is 35.1 Å². The molecule has 0 saturated carbocycles. The van der Waals surface area contributed by atoms with Gasteiger partial charge in [-0.05, 0) is 37.5 Å². The minimum absolute atomic E-state index is 0.0260. The van der Waals surface area contributed by atoms with Crippen molar-refractivity contribution in [2.24, 2.45) is 0 Å². The number of nitrogens with one attached hydrogen (secondary N) is 2. The Hall–Kier alpha value is -1.81. The van der Waals surface area contributed by atoms with E-state index in [-0.39, 0.29) is 5.56 Å². The van der Waals surface area contributed by atoms with Crippen molar-refractivity contribution in [3.8, 4) is 0 Å². The van der Waals surface area contributed by atoms with Crippen molar-refractivity contribution in [1.82, 2.24) is 9.88 Å². The minimum atomic E-state index is -0.0260. The third-order valence-electron chi connectivity index (χ3n) is 3.50. The van der Waals surface area contributed by atoms with Gasteiger partial charge < -0.3 is 15.2 Å². The van der Waals surface area contributed by atoms with Gasteiger partial charge in [-0.3, -0.25) is 4.79 Å². The number of nitrogens with zero attached hydrogens (tertiary/aromatic N) is 1. The number of hydrogen-bond acceptors (Lipinski definition) is 3. The fraction of sp³-hybridized carbons (Fsp3) is 0.357. The Morgan fingerprint density at radius 3 is 3.00 bits per heavy atom. The lowest BCUT2D eigenvalue weighted by molar-refractivity contribution is 0.414. The number of H-pyrrole nitrogens is 1. The van der Waals surface area contributed by atoms with E-state index in [1.165, 1.54) is 0 Å².